The molecule has 0 radical (unpaired) electrons. The van der Waals surface area contributed by atoms with Crippen LogP contribution < -0.4 is 5.32 Å². The van der Waals surface area contributed by atoms with E-state index in [0.29, 0.717) is 18.1 Å². The quantitative estimate of drug-likeness (QED) is 0.774. The molecule has 0 saturated carbocycles. The van der Waals surface area contributed by atoms with Gasteiger partial charge in [0.05, 0.1) is 35.0 Å². The summed E-state index contributed by atoms with van der Waals surface area (Å²) in [5.41, 5.74) is 3.38. The molecule has 7 nitrogen and oxygen atoms in total. The monoisotopic (exact) mass is 361 g/mol. The maximum absolute atomic E-state index is 12.4. The summed E-state index contributed by atoms with van der Waals surface area (Å²) in [6.45, 7) is 4.42. The Morgan fingerprint density at radius 3 is 2.84 bits per heavy atom. The Bertz CT molecular complexity index is 911. The Kier molecular flexibility index (Phi) is 4.67. The average molecular weight is 362 g/mol. The lowest BCUT2D eigenvalue weighted by Crippen LogP contribution is -2.36. The number of aryl methyl sites for hydroxylation is 3. The summed E-state index contributed by atoms with van der Waals surface area (Å²) in [5, 5.41) is 12.7. The van der Waals surface area contributed by atoms with Gasteiger partial charge in [0.15, 0.2) is 0 Å². The van der Waals surface area contributed by atoms with E-state index in [1.54, 1.807) is 16.6 Å². The van der Waals surface area contributed by atoms with Crippen molar-refractivity contribution in [2.24, 2.45) is 7.05 Å². The summed E-state index contributed by atoms with van der Waals surface area (Å²) in [4.78, 5) is 14.0. The highest BCUT2D eigenvalue weighted by Gasteiger charge is 2.17. The minimum atomic E-state index is -0.203. The Labute approximate surface area is 150 Å². The molecule has 8 heteroatoms. The number of hydrogen-bond acceptors (Lipinski definition) is 4. The molecule has 0 atom stereocenters. The van der Waals surface area contributed by atoms with Crippen LogP contribution in [-0.2, 0) is 20.1 Å². The van der Waals surface area contributed by atoms with E-state index in [9.17, 15) is 4.79 Å². The molecular weight excluding hydrogens is 342 g/mol. The molecule has 0 aliphatic carbocycles. The fourth-order valence-corrected chi connectivity index (χ4v) is 3.09. The summed E-state index contributed by atoms with van der Waals surface area (Å²) in [7, 11) is 3.58. The van der Waals surface area contributed by atoms with Crippen molar-refractivity contribution in [3.63, 3.8) is 0 Å². The van der Waals surface area contributed by atoms with E-state index in [1.807, 2.05) is 39.1 Å². The Morgan fingerprint density at radius 1 is 1.40 bits per heavy atom. The normalized spacial score (nSPS) is 11.1. The second kappa shape index (κ2) is 6.76. The minimum absolute atomic E-state index is 0.203. The molecule has 0 bridgehead atoms. The number of fused-ring (bicyclic) bond motifs is 1. The van der Waals surface area contributed by atoms with Crippen LogP contribution in [0.25, 0.3) is 10.9 Å². The van der Waals surface area contributed by atoms with E-state index < -0.39 is 0 Å². The lowest BCUT2D eigenvalue weighted by atomic mass is 10.2. The molecule has 0 fully saturated rings. The predicted molar refractivity (Wildman–Crippen MR) is 95.4 cm³/mol. The molecule has 2 amide bonds. The molecule has 0 aliphatic rings. The van der Waals surface area contributed by atoms with Crippen LogP contribution in [0.15, 0.2) is 22.7 Å². The van der Waals surface area contributed by atoms with Crippen LogP contribution in [0.5, 0.6) is 0 Å². The Hall–Kier alpha value is -2.54. The van der Waals surface area contributed by atoms with Gasteiger partial charge in [0.25, 0.3) is 0 Å². The van der Waals surface area contributed by atoms with Crippen molar-refractivity contribution in [1.82, 2.24) is 25.2 Å². The topological polar surface area (TPSA) is 76.2 Å². The van der Waals surface area contributed by atoms with Crippen molar-refractivity contribution in [1.29, 1.82) is 0 Å². The summed E-state index contributed by atoms with van der Waals surface area (Å²) < 4.78 is 6.89. The first-order valence-electron chi connectivity index (χ1n) is 7.89. The SMILES string of the molecule is Cc1noc(C)c1CN(C)C(=O)NCc1nn(C)c2cccc(Cl)c12. The van der Waals surface area contributed by atoms with Crippen LogP contribution in [0.2, 0.25) is 5.02 Å². The van der Waals surface area contributed by atoms with Crippen LogP contribution in [-0.4, -0.2) is 32.9 Å². The van der Waals surface area contributed by atoms with Gasteiger partial charge in [-0.1, -0.05) is 22.8 Å². The van der Waals surface area contributed by atoms with Crippen LogP contribution in [0.4, 0.5) is 4.79 Å². The largest absolute Gasteiger partial charge is 0.361 e. The van der Waals surface area contributed by atoms with Crippen LogP contribution in [0.1, 0.15) is 22.7 Å². The molecule has 1 aromatic carbocycles. The lowest BCUT2D eigenvalue weighted by Gasteiger charge is -2.17. The highest BCUT2D eigenvalue weighted by atomic mass is 35.5. The predicted octanol–water partition coefficient (Wildman–Crippen LogP) is 3.17. The molecule has 132 valence electrons. The second-order valence-corrected chi connectivity index (χ2v) is 6.43. The first-order chi connectivity index (χ1) is 11.9. The number of halogens is 1. The number of carbonyl (C=O) groups is 1. The van der Waals surface area contributed by atoms with Crippen molar-refractivity contribution in [3.8, 4) is 0 Å². The zero-order valence-corrected chi connectivity index (χ0v) is 15.4. The highest BCUT2D eigenvalue weighted by Crippen LogP contribution is 2.26. The van der Waals surface area contributed by atoms with E-state index in [-0.39, 0.29) is 6.03 Å². The maximum atomic E-state index is 12.4. The molecule has 0 saturated heterocycles. The Morgan fingerprint density at radius 2 is 2.16 bits per heavy atom. The summed E-state index contributed by atoms with van der Waals surface area (Å²) in [6.07, 6.45) is 0. The van der Waals surface area contributed by atoms with Gasteiger partial charge in [-0.25, -0.2) is 4.79 Å². The molecule has 3 rings (SSSR count). The van der Waals surface area contributed by atoms with Gasteiger partial charge in [0.2, 0.25) is 0 Å². The molecule has 2 heterocycles. The fourth-order valence-electron chi connectivity index (χ4n) is 2.81. The zero-order valence-electron chi connectivity index (χ0n) is 14.6. The van der Waals surface area contributed by atoms with Crippen molar-refractivity contribution in [2.45, 2.75) is 26.9 Å². The number of urea groups is 1. The van der Waals surface area contributed by atoms with Gasteiger partial charge < -0.3 is 14.7 Å². The number of rotatable bonds is 4. The molecule has 0 unspecified atom stereocenters. The third kappa shape index (κ3) is 3.32. The molecule has 25 heavy (non-hydrogen) atoms. The fraction of sp³-hybridized carbons (Fsp3) is 0.353. The van der Waals surface area contributed by atoms with Gasteiger partial charge in [-0.3, -0.25) is 4.68 Å². The first kappa shape index (κ1) is 17.3. The Balaban J connectivity index is 1.70. The molecule has 1 N–H and O–H groups in total. The molecule has 0 spiro atoms. The second-order valence-electron chi connectivity index (χ2n) is 6.02. The number of hydrogen-bond donors (Lipinski definition) is 1. The number of aromatic nitrogens is 3. The van der Waals surface area contributed by atoms with Crippen molar-refractivity contribution >= 4 is 28.5 Å². The van der Waals surface area contributed by atoms with E-state index in [0.717, 1.165) is 33.6 Å². The van der Waals surface area contributed by atoms with Crippen LogP contribution in [0.3, 0.4) is 0 Å². The number of nitrogens with one attached hydrogen (secondary N) is 1. The highest BCUT2D eigenvalue weighted by molar-refractivity contribution is 6.35. The zero-order chi connectivity index (χ0) is 18.1. The third-order valence-corrected chi connectivity index (χ3v) is 4.54. The molecular formula is C17H20ClN5O2. The van der Waals surface area contributed by atoms with E-state index in [1.165, 1.54) is 0 Å². The summed E-state index contributed by atoms with van der Waals surface area (Å²) >= 11 is 6.29. The average Bonchev–Trinajstić information content (AvgIpc) is 3.07. The summed E-state index contributed by atoms with van der Waals surface area (Å²) in [6, 6.07) is 5.45. The van der Waals surface area contributed by atoms with E-state index in [2.05, 4.69) is 15.6 Å². The van der Waals surface area contributed by atoms with Gasteiger partial charge >= 0.3 is 6.03 Å². The molecule has 3 aromatic rings. The van der Waals surface area contributed by atoms with Crippen molar-refractivity contribution in [2.75, 3.05) is 7.05 Å². The van der Waals surface area contributed by atoms with E-state index >= 15 is 0 Å². The van der Waals surface area contributed by atoms with Crippen LogP contribution >= 0.6 is 11.6 Å². The number of benzene rings is 1. The van der Waals surface area contributed by atoms with E-state index in [4.69, 9.17) is 16.1 Å². The third-order valence-electron chi connectivity index (χ3n) is 4.23. The molecule has 2 aromatic heterocycles. The smallest absolute Gasteiger partial charge is 0.317 e. The van der Waals surface area contributed by atoms with Gasteiger partial charge in [0.1, 0.15) is 5.76 Å². The standard InChI is InChI=1S/C17H20ClN5O2/c1-10-12(11(2)25-21-10)9-22(3)17(24)19-8-14-16-13(18)6-5-7-15(16)23(4)20-14/h5-7H,8-9H2,1-4H3,(H,19,24). The van der Waals surface area contributed by atoms with Crippen molar-refractivity contribution in [3.05, 3.63) is 45.9 Å². The lowest BCUT2D eigenvalue weighted by molar-refractivity contribution is 0.206. The van der Waals surface area contributed by atoms with Gasteiger partial charge in [-0.2, -0.15) is 5.10 Å². The minimum Gasteiger partial charge on any atom is -0.361 e. The maximum Gasteiger partial charge on any atom is 0.317 e. The van der Waals surface area contributed by atoms with Gasteiger partial charge in [-0.05, 0) is 26.0 Å². The van der Waals surface area contributed by atoms with Gasteiger partial charge in [0, 0.05) is 25.0 Å². The summed E-state index contributed by atoms with van der Waals surface area (Å²) in [5.74, 6) is 0.722. The number of amides is 2. The first-order valence-corrected chi connectivity index (χ1v) is 8.27. The van der Waals surface area contributed by atoms with Crippen LogP contribution in [0, 0.1) is 13.8 Å². The van der Waals surface area contributed by atoms with Crippen molar-refractivity contribution < 1.29 is 9.32 Å². The number of carbonyl (C=O) groups excluding carboxylic acids is 1. The van der Waals surface area contributed by atoms with Gasteiger partial charge in [-0.15, -0.1) is 0 Å². The number of nitrogens with zero attached hydrogens (tertiary/aromatic N) is 4. The molecule has 0 aliphatic heterocycles.